The number of anilines is 1. The first-order chi connectivity index (χ1) is 9.47. The number of alkyl halides is 1. The topological polar surface area (TPSA) is 111 Å². The van der Waals surface area contributed by atoms with Crippen molar-refractivity contribution in [3.05, 3.63) is 22.7 Å². The zero-order valence-electron chi connectivity index (χ0n) is 10.4. The van der Waals surface area contributed by atoms with Gasteiger partial charge in [0.15, 0.2) is 0 Å². The van der Waals surface area contributed by atoms with E-state index in [1.54, 1.807) is 0 Å². The Bertz CT molecular complexity index is 518. The zero-order valence-corrected chi connectivity index (χ0v) is 12.1. The van der Waals surface area contributed by atoms with Gasteiger partial charge in [-0.3, -0.25) is 4.57 Å². The number of aromatic nitrogens is 2. The Balaban J connectivity index is 1.98. The van der Waals surface area contributed by atoms with Crippen LogP contribution < -0.4 is 11.4 Å². The third-order valence-corrected chi connectivity index (χ3v) is 4.93. The van der Waals surface area contributed by atoms with Gasteiger partial charge in [0.25, 0.3) is 0 Å². The molecule has 1 saturated heterocycles. The average molecular weight is 323 g/mol. The normalized spacial score (nSPS) is 26.3. The highest BCUT2D eigenvalue weighted by Crippen LogP contribution is 2.44. The minimum atomic E-state index is -2.38. The van der Waals surface area contributed by atoms with Crippen LogP contribution in [0.5, 0.6) is 0 Å². The zero-order chi connectivity index (χ0) is 14.7. The average Bonchev–Trinajstić information content (AvgIpc) is 2.70. The highest BCUT2D eigenvalue weighted by molar-refractivity contribution is 8.00. The third-order valence-electron chi connectivity index (χ3n) is 2.90. The van der Waals surface area contributed by atoms with Gasteiger partial charge in [0.1, 0.15) is 17.4 Å². The second-order valence-corrected chi connectivity index (χ2v) is 6.50. The van der Waals surface area contributed by atoms with Crippen LogP contribution in [0, 0.1) is 0 Å². The van der Waals surface area contributed by atoms with Gasteiger partial charge in [-0.1, -0.05) is 0 Å². The molecule has 0 amide bonds. The Labute approximate surface area is 120 Å². The van der Waals surface area contributed by atoms with E-state index < -0.39 is 25.8 Å². The van der Waals surface area contributed by atoms with Crippen LogP contribution in [0.4, 0.5) is 10.2 Å². The van der Waals surface area contributed by atoms with Crippen molar-refractivity contribution >= 4 is 26.2 Å². The molecule has 1 fully saturated rings. The lowest BCUT2D eigenvalue weighted by Gasteiger charge is -2.15. The summed E-state index contributed by atoms with van der Waals surface area (Å²) < 4.78 is 19.9. The van der Waals surface area contributed by atoms with Gasteiger partial charge >= 0.3 is 14.3 Å². The Morgan fingerprint density at radius 1 is 1.65 bits per heavy atom. The van der Waals surface area contributed by atoms with Crippen molar-refractivity contribution in [3.63, 3.8) is 0 Å². The number of thioether (sulfide) groups is 1. The molecule has 2 rings (SSSR count). The first-order valence-corrected chi connectivity index (χ1v) is 8.03. The molecule has 3 unspecified atom stereocenters. The molecule has 0 saturated carbocycles. The van der Waals surface area contributed by atoms with E-state index in [4.69, 9.17) is 15.5 Å². The number of nitrogens with zero attached hydrogens (tertiary/aromatic N) is 2. The second kappa shape index (κ2) is 6.82. The van der Waals surface area contributed by atoms with Crippen molar-refractivity contribution in [2.75, 3.05) is 12.3 Å². The molecule has 1 aromatic heterocycles. The second-order valence-electron chi connectivity index (χ2n) is 4.32. The van der Waals surface area contributed by atoms with Crippen LogP contribution in [0.3, 0.4) is 0 Å². The van der Waals surface area contributed by atoms with Crippen LogP contribution in [0.15, 0.2) is 17.1 Å². The molecule has 1 aromatic rings. The Hall–Kier alpha value is -0.730. The standard InChI is InChI=1S/C10H15FN3O4PS/c11-7-5-6(2-4-18-19(16)17)20-9(7)14-3-1-8(12)13-10(14)15/h1,3,6-7,9,16-17H,2,4-5H2,(H2,12,13,15). The summed E-state index contributed by atoms with van der Waals surface area (Å²) in [4.78, 5) is 32.5. The maximum absolute atomic E-state index is 14.0. The van der Waals surface area contributed by atoms with E-state index in [0.29, 0.717) is 6.42 Å². The Morgan fingerprint density at radius 3 is 3.05 bits per heavy atom. The molecule has 112 valence electrons. The maximum atomic E-state index is 14.0. The first kappa shape index (κ1) is 15.7. The van der Waals surface area contributed by atoms with Crippen LogP contribution in [-0.2, 0) is 4.52 Å². The molecule has 0 bridgehead atoms. The first-order valence-electron chi connectivity index (χ1n) is 5.92. The predicted octanol–water partition coefficient (Wildman–Crippen LogP) is 0.786. The summed E-state index contributed by atoms with van der Waals surface area (Å²) in [6, 6.07) is 1.45. The molecule has 0 spiro atoms. The van der Waals surface area contributed by atoms with Crippen LogP contribution in [0.1, 0.15) is 18.2 Å². The largest absolute Gasteiger partial charge is 0.383 e. The van der Waals surface area contributed by atoms with Crippen molar-refractivity contribution in [1.29, 1.82) is 0 Å². The fourth-order valence-corrected chi connectivity index (χ4v) is 3.78. The number of hydrogen-bond donors (Lipinski definition) is 3. The van der Waals surface area contributed by atoms with E-state index >= 15 is 0 Å². The summed E-state index contributed by atoms with van der Waals surface area (Å²) in [5.41, 5.74) is 4.82. The van der Waals surface area contributed by atoms with Crippen molar-refractivity contribution < 1.29 is 18.7 Å². The van der Waals surface area contributed by atoms with Crippen molar-refractivity contribution in [2.24, 2.45) is 0 Å². The number of halogens is 1. The molecular weight excluding hydrogens is 308 g/mol. The third kappa shape index (κ3) is 3.89. The van der Waals surface area contributed by atoms with Crippen LogP contribution in [0.2, 0.25) is 0 Å². The van der Waals surface area contributed by atoms with Crippen LogP contribution >= 0.6 is 20.4 Å². The molecular formula is C10H15FN3O4PS. The minimum Gasteiger partial charge on any atom is -0.383 e. The molecule has 0 aliphatic carbocycles. The molecule has 10 heteroatoms. The molecule has 1 aliphatic rings. The fraction of sp³-hybridized carbons (Fsp3) is 0.600. The van der Waals surface area contributed by atoms with Crippen molar-refractivity contribution in [2.45, 2.75) is 29.6 Å². The van der Waals surface area contributed by atoms with E-state index in [0.717, 1.165) is 0 Å². The summed E-state index contributed by atoms with van der Waals surface area (Å²) in [5.74, 6) is 0.105. The van der Waals surface area contributed by atoms with Gasteiger partial charge in [0.05, 0.1) is 6.61 Å². The van der Waals surface area contributed by atoms with E-state index in [2.05, 4.69) is 9.51 Å². The van der Waals surface area contributed by atoms with Gasteiger partial charge in [0.2, 0.25) is 0 Å². The maximum Gasteiger partial charge on any atom is 0.350 e. The Kier molecular flexibility index (Phi) is 5.34. The smallest absolute Gasteiger partial charge is 0.350 e. The minimum absolute atomic E-state index is 0.0468. The molecule has 7 nitrogen and oxygen atoms in total. The van der Waals surface area contributed by atoms with Crippen LogP contribution in [-0.4, -0.2) is 37.4 Å². The molecule has 0 radical (unpaired) electrons. The summed E-state index contributed by atoms with van der Waals surface area (Å²) in [5, 5.41) is -0.681. The van der Waals surface area contributed by atoms with Gasteiger partial charge in [-0.05, 0) is 18.9 Å². The highest BCUT2D eigenvalue weighted by atomic mass is 32.2. The predicted molar refractivity (Wildman–Crippen MR) is 74.8 cm³/mol. The lowest BCUT2D eigenvalue weighted by Crippen LogP contribution is -2.28. The summed E-state index contributed by atoms with van der Waals surface area (Å²) in [6.07, 6.45) is 1.04. The molecule has 2 heterocycles. The molecule has 1 aliphatic heterocycles. The number of rotatable bonds is 5. The van der Waals surface area contributed by atoms with E-state index in [-0.39, 0.29) is 24.1 Å². The summed E-state index contributed by atoms with van der Waals surface area (Å²) in [6.45, 7) is 0.144. The SMILES string of the molecule is Nc1ccn(C2SC(CCOP(O)O)CC2F)c(=O)n1. The lowest BCUT2D eigenvalue weighted by molar-refractivity contribution is 0.242. The fourth-order valence-electron chi connectivity index (χ4n) is 2.02. The van der Waals surface area contributed by atoms with E-state index in [9.17, 15) is 9.18 Å². The molecule has 3 atom stereocenters. The summed E-state index contributed by atoms with van der Waals surface area (Å²) in [7, 11) is -2.38. The van der Waals surface area contributed by atoms with Gasteiger partial charge in [0, 0.05) is 11.4 Å². The number of nitrogens with two attached hydrogens (primary N) is 1. The van der Waals surface area contributed by atoms with Gasteiger partial charge in [-0.15, -0.1) is 11.8 Å². The highest BCUT2D eigenvalue weighted by Gasteiger charge is 2.36. The lowest BCUT2D eigenvalue weighted by atomic mass is 10.2. The molecule has 20 heavy (non-hydrogen) atoms. The van der Waals surface area contributed by atoms with E-state index in [1.807, 2.05) is 0 Å². The van der Waals surface area contributed by atoms with E-state index in [1.165, 1.54) is 28.6 Å². The molecule has 0 aromatic carbocycles. The van der Waals surface area contributed by atoms with Crippen molar-refractivity contribution in [3.8, 4) is 0 Å². The van der Waals surface area contributed by atoms with Crippen molar-refractivity contribution in [1.82, 2.24) is 9.55 Å². The molecule has 4 N–H and O–H groups in total. The monoisotopic (exact) mass is 323 g/mol. The van der Waals surface area contributed by atoms with Gasteiger partial charge in [-0.2, -0.15) is 4.98 Å². The van der Waals surface area contributed by atoms with Gasteiger partial charge < -0.3 is 20.0 Å². The number of hydrogen-bond acceptors (Lipinski definition) is 7. The number of nitrogen functional groups attached to an aromatic ring is 1. The van der Waals surface area contributed by atoms with Gasteiger partial charge in [-0.25, -0.2) is 9.18 Å². The van der Waals surface area contributed by atoms with Crippen LogP contribution in [0.25, 0.3) is 0 Å². The Morgan fingerprint density at radius 2 is 2.40 bits per heavy atom. The summed E-state index contributed by atoms with van der Waals surface area (Å²) >= 11 is 1.31. The quantitative estimate of drug-likeness (QED) is 0.687.